The molecule has 7 nitrogen and oxygen atoms in total. The van der Waals surface area contributed by atoms with E-state index in [1.165, 1.54) is 0 Å². The zero-order chi connectivity index (χ0) is 28.9. The number of nitrogens with zero attached hydrogens (tertiary/aromatic N) is 2. The fourth-order valence-electron chi connectivity index (χ4n) is 5.90. The molecule has 2 aliphatic heterocycles. The van der Waals surface area contributed by atoms with Gasteiger partial charge in [0.05, 0.1) is 12.8 Å². The number of nitrogens with one attached hydrogen (secondary N) is 1. The summed E-state index contributed by atoms with van der Waals surface area (Å²) in [4.78, 5) is 43.7. The maximum atomic E-state index is 13.9. The van der Waals surface area contributed by atoms with E-state index < -0.39 is 6.04 Å². The first kappa shape index (κ1) is 29.1. The van der Waals surface area contributed by atoms with Gasteiger partial charge in [-0.3, -0.25) is 14.4 Å². The van der Waals surface area contributed by atoms with E-state index >= 15 is 0 Å². The van der Waals surface area contributed by atoms with Crippen LogP contribution >= 0.6 is 27.5 Å². The molecule has 3 amide bonds. The Balaban J connectivity index is 1.23. The van der Waals surface area contributed by atoms with Gasteiger partial charge in [0.1, 0.15) is 11.8 Å². The Kier molecular flexibility index (Phi) is 9.30. The quantitative estimate of drug-likeness (QED) is 0.375. The second-order valence-corrected chi connectivity index (χ2v) is 12.2. The fraction of sp³-hybridized carbons (Fsp3) is 0.344. The first-order chi connectivity index (χ1) is 19.8. The van der Waals surface area contributed by atoms with Crippen LogP contribution in [0.2, 0.25) is 5.02 Å². The molecule has 0 spiro atoms. The van der Waals surface area contributed by atoms with Gasteiger partial charge in [0, 0.05) is 46.8 Å². The first-order valence-electron chi connectivity index (χ1n) is 13.9. The standard InChI is InChI=1S/C32H33BrClN3O4/c33-25-10-11-28(38)24(17-25)18-30(40)37-19-22-12-14-36(15-13-23(22)20-37)32(41)31(26-8-4-5-9-27(26)34)35-29(39)16-21-6-2-1-3-7-21/h1-11,17,22-23,31,38H,12-16,18-20H2,(H,35,39)/t22-,23+,31-/m1/s1. The average Bonchev–Trinajstić information content (AvgIpc) is 3.27. The van der Waals surface area contributed by atoms with Crippen LogP contribution in [0.1, 0.15) is 35.6 Å². The highest BCUT2D eigenvalue weighted by Crippen LogP contribution is 2.34. The first-order valence-corrected chi connectivity index (χ1v) is 15.1. The molecular formula is C32H33BrClN3O4. The van der Waals surface area contributed by atoms with Gasteiger partial charge in [-0.2, -0.15) is 0 Å². The Bertz CT molecular complexity index is 1400. The zero-order valence-corrected chi connectivity index (χ0v) is 25.0. The Hall–Kier alpha value is -3.36. The Morgan fingerprint density at radius 1 is 0.902 bits per heavy atom. The van der Waals surface area contributed by atoms with Crippen molar-refractivity contribution in [2.75, 3.05) is 26.2 Å². The van der Waals surface area contributed by atoms with Crippen molar-refractivity contribution in [2.45, 2.75) is 31.7 Å². The summed E-state index contributed by atoms with van der Waals surface area (Å²) in [5, 5.41) is 13.5. The minimum atomic E-state index is -0.881. The number of carbonyl (C=O) groups excluding carboxylic acids is 3. The second kappa shape index (κ2) is 13.1. The number of phenolic OH excluding ortho intramolecular Hbond substituents is 1. The smallest absolute Gasteiger partial charge is 0.249 e. The van der Waals surface area contributed by atoms with Crippen molar-refractivity contribution in [2.24, 2.45) is 11.8 Å². The number of likely N-dealkylation sites (tertiary alicyclic amines) is 2. The van der Waals surface area contributed by atoms with Crippen LogP contribution in [0.3, 0.4) is 0 Å². The Morgan fingerprint density at radius 3 is 2.24 bits per heavy atom. The molecule has 2 saturated heterocycles. The van der Waals surface area contributed by atoms with E-state index in [4.69, 9.17) is 11.6 Å². The summed E-state index contributed by atoms with van der Waals surface area (Å²) < 4.78 is 0.820. The third kappa shape index (κ3) is 7.11. The van der Waals surface area contributed by atoms with E-state index in [0.29, 0.717) is 54.2 Å². The highest BCUT2D eigenvalue weighted by Gasteiger charge is 2.39. The minimum absolute atomic E-state index is 0.000632. The van der Waals surface area contributed by atoms with Crippen LogP contribution in [0, 0.1) is 11.8 Å². The molecule has 9 heteroatoms. The molecule has 2 fully saturated rings. The normalized spacial score (nSPS) is 19.3. The number of carbonyl (C=O) groups is 3. The molecule has 0 saturated carbocycles. The van der Waals surface area contributed by atoms with Gasteiger partial charge in [-0.1, -0.05) is 76.1 Å². The number of hydrogen-bond donors (Lipinski definition) is 2. The number of aromatic hydroxyl groups is 1. The Labute approximate surface area is 253 Å². The zero-order valence-electron chi connectivity index (χ0n) is 22.6. The molecule has 3 atom stereocenters. The molecule has 2 N–H and O–H groups in total. The summed E-state index contributed by atoms with van der Waals surface area (Å²) in [5.74, 6) is 0.287. The predicted octanol–water partition coefficient (Wildman–Crippen LogP) is 5.15. The topological polar surface area (TPSA) is 90.0 Å². The predicted molar refractivity (Wildman–Crippen MR) is 161 cm³/mol. The lowest BCUT2D eigenvalue weighted by molar-refractivity contribution is -0.136. The van der Waals surface area contributed by atoms with E-state index in [1.807, 2.05) is 46.2 Å². The summed E-state index contributed by atoms with van der Waals surface area (Å²) in [6.07, 6.45) is 1.86. The minimum Gasteiger partial charge on any atom is -0.508 e. The lowest BCUT2D eigenvalue weighted by Gasteiger charge is -2.28. The summed E-state index contributed by atoms with van der Waals surface area (Å²) in [5.41, 5.74) is 2.05. The van der Waals surface area contributed by atoms with Crippen molar-refractivity contribution in [1.29, 1.82) is 0 Å². The SMILES string of the molecule is O=C(Cc1ccccc1)N[C@@H](C(=O)N1CC[C@@H]2CN(C(=O)Cc3cc(Br)ccc3O)C[C@@H]2CC1)c1ccccc1Cl. The van der Waals surface area contributed by atoms with Gasteiger partial charge in [0.15, 0.2) is 0 Å². The highest BCUT2D eigenvalue weighted by atomic mass is 79.9. The number of benzene rings is 3. The van der Waals surface area contributed by atoms with Gasteiger partial charge in [-0.25, -0.2) is 0 Å². The average molecular weight is 639 g/mol. The van der Waals surface area contributed by atoms with Crippen molar-refractivity contribution in [3.63, 3.8) is 0 Å². The summed E-state index contributed by atoms with van der Waals surface area (Å²) in [7, 11) is 0. The van der Waals surface area contributed by atoms with Crippen molar-refractivity contribution in [3.05, 3.63) is 99.0 Å². The van der Waals surface area contributed by atoms with Gasteiger partial charge >= 0.3 is 0 Å². The molecule has 0 bridgehead atoms. The molecule has 2 aliphatic rings. The molecule has 3 aromatic carbocycles. The van der Waals surface area contributed by atoms with Gasteiger partial charge in [-0.05, 0) is 54.5 Å². The van der Waals surface area contributed by atoms with Crippen LogP contribution in [0.4, 0.5) is 0 Å². The van der Waals surface area contributed by atoms with E-state index in [-0.39, 0.29) is 36.3 Å². The number of fused-ring (bicyclic) bond motifs is 1. The number of phenols is 1. The van der Waals surface area contributed by atoms with Crippen LogP contribution in [0.25, 0.3) is 0 Å². The van der Waals surface area contributed by atoms with Crippen molar-refractivity contribution < 1.29 is 19.5 Å². The van der Waals surface area contributed by atoms with Crippen LogP contribution < -0.4 is 5.32 Å². The third-order valence-electron chi connectivity index (χ3n) is 8.14. The molecule has 214 valence electrons. The van der Waals surface area contributed by atoms with Gasteiger partial charge in [0.2, 0.25) is 17.7 Å². The van der Waals surface area contributed by atoms with Gasteiger partial charge < -0.3 is 20.2 Å². The molecule has 3 aromatic rings. The van der Waals surface area contributed by atoms with Gasteiger partial charge in [-0.15, -0.1) is 0 Å². The molecule has 5 rings (SSSR count). The van der Waals surface area contributed by atoms with Gasteiger partial charge in [0.25, 0.3) is 0 Å². The monoisotopic (exact) mass is 637 g/mol. The van der Waals surface area contributed by atoms with Crippen LogP contribution in [-0.4, -0.2) is 58.8 Å². The molecular weight excluding hydrogens is 606 g/mol. The van der Waals surface area contributed by atoms with E-state index in [0.717, 1.165) is 22.9 Å². The molecule has 0 unspecified atom stereocenters. The molecule has 0 aliphatic carbocycles. The maximum absolute atomic E-state index is 13.9. The second-order valence-electron chi connectivity index (χ2n) is 10.9. The lowest BCUT2D eigenvalue weighted by atomic mass is 9.92. The number of amides is 3. The van der Waals surface area contributed by atoms with E-state index in [9.17, 15) is 19.5 Å². The number of halogens is 2. The summed E-state index contributed by atoms with van der Waals surface area (Å²) in [6, 6.07) is 20.8. The lowest BCUT2D eigenvalue weighted by Crippen LogP contribution is -2.44. The third-order valence-corrected chi connectivity index (χ3v) is 8.98. The maximum Gasteiger partial charge on any atom is 0.249 e. The number of rotatable bonds is 7. The van der Waals surface area contributed by atoms with Crippen LogP contribution in [-0.2, 0) is 27.2 Å². The molecule has 41 heavy (non-hydrogen) atoms. The van der Waals surface area contributed by atoms with E-state index in [2.05, 4.69) is 21.2 Å². The highest BCUT2D eigenvalue weighted by molar-refractivity contribution is 9.10. The largest absolute Gasteiger partial charge is 0.508 e. The fourth-order valence-corrected chi connectivity index (χ4v) is 6.55. The van der Waals surface area contributed by atoms with Crippen molar-refractivity contribution in [3.8, 4) is 5.75 Å². The van der Waals surface area contributed by atoms with Crippen molar-refractivity contribution >= 4 is 45.3 Å². The Morgan fingerprint density at radius 2 is 1.56 bits per heavy atom. The summed E-state index contributed by atoms with van der Waals surface area (Å²) in [6.45, 7) is 2.37. The van der Waals surface area contributed by atoms with Crippen LogP contribution in [0.15, 0.2) is 77.3 Å². The van der Waals surface area contributed by atoms with E-state index in [1.54, 1.807) is 36.4 Å². The van der Waals surface area contributed by atoms with Crippen molar-refractivity contribution in [1.82, 2.24) is 15.1 Å². The molecule has 0 radical (unpaired) electrons. The molecule has 0 aromatic heterocycles. The summed E-state index contributed by atoms with van der Waals surface area (Å²) >= 11 is 9.90. The van der Waals surface area contributed by atoms with Crippen LogP contribution in [0.5, 0.6) is 5.75 Å². The number of hydrogen-bond acceptors (Lipinski definition) is 4. The molecule has 2 heterocycles.